The molecule has 0 aromatic heterocycles. The van der Waals surface area contributed by atoms with Crippen molar-refractivity contribution in [2.45, 2.75) is 31.4 Å². The van der Waals surface area contributed by atoms with Crippen LogP contribution in [0.4, 0.5) is 0 Å². The Hall–Kier alpha value is -0.320. The van der Waals surface area contributed by atoms with E-state index in [1.54, 1.807) is 13.2 Å². The van der Waals surface area contributed by atoms with Crippen LogP contribution >= 0.6 is 23.2 Å². The van der Waals surface area contributed by atoms with Crippen LogP contribution in [-0.4, -0.2) is 31.5 Å². The smallest absolute Gasteiger partial charge is 0.0785 e. The van der Waals surface area contributed by atoms with Gasteiger partial charge >= 0.3 is 0 Å². The SMILES string of the molecule is COCC(O)CCNC1CCc2c(Cl)cc(Cl)cc21. The van der Waals surface area contributed by atoms with E-state index in [4.69, 9.17) is 27.9 Å². The Morgan fingerprint density at radius 2 is 2.26 bits per heavy atom. The summed E-state index contributed by atoms with van der Waals surface area (Å²) in [7, 11) is 1.59. The maximum Gasteiger partial charge on any atom is 0.0785 e. The average Bonchev–Trinajstić information content (AvgIpc) is 2.73. The van der Waals surface area contributed by atoms with Gasteiger partial charge in [-0.3, -0.25) is 0 Å². The number of rotatable bonds is 6. The fraction of sp³-hybridized carbons (Fsp3) is 0.571. The van der Waals surface area contributed by atoms with E-state index in [2.05, 4.69) is 5.32 Å². The first-order chi connectivity index (χ1) is 9.11. The van der Waals surface area contributed by atoms with Crippen LogP contribution in [0.15, 0.2) is 12.1 Å². The Bertz CT molecular complexity index is 440. The summed E-state index contributed by atoms with van der Waals surface area (Å²) in [6.45, 7) is 1.12. The van der Waals surface area contributed by atoms with E-state index >= 15 is 0 Å². The summed E-state index contributed by atoms with van der Waals surface area (Å²) in [4.78, 5) is 0. The number of nitrogens with one attached hydrogen (secondary N) is 1. The molecule has 2 atom stereocenters. The normalized spacial score (nSPS) is 19.5. The zero-order valence-corrected chi connectivity index (χ0v) is 12.5. The number of halogens is 2. The first kappa shape index (κ1) is 15.1. The predicted octanol–water partition coefficient (Wildman–Crippen LogP) is 2.97. The Balaban J connectivity index is 1.92. The van der Waals surface area contributed by atoms with Crippen molar-refractivity contribution in [2.75, 3.05) is 20.3 Å². The van der Waals surface area contributed by atoms with Crippen LogP contribution in [0.1, 0.15) is 30.0 Å². The lowest BCUT2D eigenvalue weighted by Crippen LogP contribution is -2.25. The molecule has 5 heteroatoms. The van der Waals surface area contributed by atoms with Crippen LogP contribution in [0, 0.1) is 0 Å². The number of fused-ring (bicyclic) bond motifs is 1. The number of hydrogen-bond acceptors (Lipinski definition) is 3. The number of ether oxygens (including phenoxy) is 1. The molecule has 3 nitrogen and oxygen atoms in total. The molecule has 2 N–H and O–H groups in total. The zero-order valence-electron chi connectivity index (χ0n) is 11.0. The molecule has 0 heterocycles. The third kappa shape index (κ3) is 3.83. The Kier molecular flexibility index (Phi) is 5.48. The summed E-state index contributed by atoms with van der Waals surface area (Å²) in [5, 5.41) is 14.5. The quantitative estimate of drug-likeness (QED) is 0.849. The summed E-state index contributed by atoms with van der Waals surface area (Å²) in [6, 6.07) is 4.06. The Labute approximate surface area is 123 Å². The van der Waals surface area contributed by atoms with Crippen LogP contribution in [0.5, 0.6) is 0 Å². The number of methoxy groups -OCH3 is 1. The molecule has 0 aliphatic heterocycles. The maximum absolute atomic E-state index is 9.60. The largest absolute Gasteiger partial charge is 0.391 e. The van der Waals surface area contributed by atoms with Crippen molar-refractivity contribution >= 4 is 23.2 Å². The van der Waals surface area contributed by atoms with Gasteiger partial charge in [0, 0.05) is 23.2 Å². The van der Waals surface area contributed by atoms with Crippen LogP contribution < -0.4 is 5.32 Å². The second-order valence-electron chi connectivity index (χ2n) is 4.90. The molecule has 0 fully saturated rings. The molecule has 1 aromatic rings. The van der Waals surface area contributed by atoms with Crippen LogP contribution in [0.2, 0.25) is 10.0 Å². The minimum atomic E-state index is -0.415. The molecule has 0 spiro atoms. The van der Waals surface area contributed by atoms with Gasteiger partial charge in [0.15, 0.2) is 0 Å². The fourth-order valence-corrected chi connectivity index (χ4v) is 3.16. The van der Waals surface area contributed by atoms with Gasteiger partial charge in [0.2, 0.25) is 0 Å². The molecule has 19 heavy (non-hydrogen) atoms. The fourth-order valence-electron chi connectivity index (χ4n) is 2.55. The lowest BCUT2D eigenvalue weighted by Gasteiger charge is -2.16. The molecule has 0 saturated carbocycles. The van der Waals surface area contributed by atoms with Gasteiger partial charge < -0.3 is 15.2 Å². The van der Waals surface area contributed by atoms with Gasteiger partial charge in [-0.1, -0.05) is 23.2 Å². The Morgan fingerprint density at radius 1 is 1.47 bits per heavy atom. The lowest BCUT2D eigenvalue weighted by molar-refractivity contribution is 0.0590. The second-order valence-corrected chi connectivity index (χ2v) is 5.74. The number of aliphatic hydroxyl groups excluding tert-OH is 1. The Morgan fingerprint density at radius 3 is 3.00 bits per heavy atom. The van der Waals surface area contributed by atoms with Crippen LogP contribution in [-0.2, 0) is 11.2 Å². The summed E-state index contributed by atoms with van der Waals surface area (Å²) in [5.74, 6) is 0. The van der Waals surface area contributed by atoms with E-state index in [-0.39, 0.29) is 6.04 Å². The lowest BCUT2D eigenvalue weighted by atomic mass is 10.1. The van der Waals surface area contributed by atoms with Crippen LogP contribution in [0.25, 0.3) is 0 Å². The van der Waals surface area contributed by atoms with E-state index in [0.29, 0.717) is 18.1 Å². The highest BCUT2D eigenvalue weighted by Crippen LogP contribution is 2.37. The molecule has 0 amide bonds. The molecule has 1 aromatic carbocycles. The van der Waals surface area contributed by atoms with Gasteiger partial charge in [-0.2, -0.15) is 0 Å². The van der Waals surface area contributed by atoms with E-state index in [0.717, 1.165) is 24.4 Å². The van der Waals surface area contributed by atoms with Crippen molar-refractivity contribution in [2.24, 2.45) is 0 Å². The van der Waals surface area contributed by atoms with E-state index < -0.39 is 6.10 Å². The van der Waals surface area contributed by atoms with Gasteiger partial charge in [-0.15, -0.1) is 0 Å². The first-order valence-electron chi connectivity index (χ1n) is 6.50. The molecule has 0 saturated heterocycles. The third-order valence-corrected chi connectivity index (χ3v) is 4.04. The van der Waals surface area contributed by atoms with Gasteiger partial charge in [-0.25, -0.2) is 0 Å². The van der Waals surface area contributed by atoms with Crippen molar-refractivity contribution in [3.63, 3.8) is 0 Å². The minimum absolute atomic E-state index is 0.279. The van der Waals surface area contributed by atoms with Crippen molar-refractivity contribution in [1.82, 2.24) is 5.32 Å². The molecule has 2 unspecified atom stereocenters. The van der Waals surface area contributed by atoms with Crippen molar-refractivity contribution in [1.29, 1.82) is 0 Å². The zero-order chi connectivity index (χ0) is 13.8. The second kappa shape index (κ2) is 6.91. The third-order valence-electron chi connectivity index (χ3n) is 3.48. The van der Waals surface area contributed by atoms with Crippen molar-refractivity contribution < 1.29 is 9.84 Å². The number of benzene rings is 1. The van der Waals surface area contributed by atoms with E-state index in [1.807, 2.05) is 6.07 Å². The molecular formula is C14H19Cl2NO2. The average molecular weight is 304 g/mol. The van der Waals surface area contributed by atoms with Crippen molar-refractivity contribution in [3.8, 4) is 0 Å². The van der Waals surface area contributed by atoms with Gasteiger partial charge in [0.25, 0.3) is 0 Å². The topological polar surface area (TPSA) is 41.5 Å². The summed E-state index contributed by atoms with van der Waals surface area (Å²) < 4.78 is 4.90. The number of hydrogen-bond donors (Lipinski definition) is 2. The van der Waals surface area contributed by atoms with E-state index in [9.17, 15) is 5.11 Å². The van der Waals surface area contributed by atoms with Gasteiger partial charge in [-0.05, 0) is 49.1 Å². The predicted molar refractivity (Wildman–Crippen MR) is 78.0 cm³/mol. The monoisotopic (exact) mass is 303 g/mol. The molecule has 2 rings (SSSR count). The minimum Gasteiger partial charge on any atom is -0.391 e. The first-order valence-corrected chi connectivity index (χ1v) is 7.25. The van der Waals surface area contributed by atoms with Gasteiger partial charge in [0.05, 0.1) is 12.7 Å². The molecule has 0 bridgehead atoms. The summed E-state index contributed by atoms with van der Waals surface area (Å²) in [5.41, 5.74) is 2.39. The molecule has 1 aliphatic rings. The highest BCUT2D eigenvalue weighted by Gasteiger charge is 2.24. The molecule has 1 aliphatic carbocycles. The highest BCUT2D eigenvalue weighted by molar-refractivity contribution is 6.35. The standard InChI is InChI=1S/C14H19Cl2NO2/c1-19-8-10(18)4-5-17-14-3-2-11-12(14)6-9(15)7-13(11)16/h6-7,10,14,17-18H,2-5,8H2,1H3. The molecular weight excluding hydrogens is 285 g/mol. The summed E-state index contributed by atoms with van der Waals surface area (Å²) in [6.07, 6.45) is 2.26. The molecule has 106 valence electrons. The van der Waals surface area contributed by atoms with Gasteiger partial charge in [0.1, 0.15) is 0 Å². The highest BCUT2D eigenvalue weighted by atomic mass is 35.5. The van der Waals surface area contributed by atoms with E-state index in [1.165, 1.54) is 11.1 Å². The number of aliphatic hydroxyl groups is 1. The maximum atomic E-state index is 9.60. The van der Waals surface area contributed by atoms with Crippen molar-refractivity contribution in [3.05, 3.63) is 33.3 Å². The summed E-state index contributed by atoms with van der Waals surface area (Å²) >= 11 is 12.2. The van der Waals surface area contributed by atoms with Crippen LogP contribution in [0.3, 0.4) is 0 Å². The molecule has 0 radical (unpaired) electrons.